The Morgan fingerprint density at radius 2 is 1.94 bits per heavy atom. The molecule has 0 amide bonds. The zero-order chi connectivity index (χ0) is 13.7. The molecule has 0 heterocycles. The van der Waals surface area contributed by atoms with Gasteiger partial charge in [-0.05, 0) is 56.0 Å². The summed E-state index contributed by atoms with van der Waals surface area (Å²) < 4.78 is 5.36. The van der Waals surface area contributed by atoms with Crippen LogP contribution in [0.15, 0.2) is 23.8 Å². The molecule has 0 atom stereocenters. The summed E-state index contributed by atoms with van der Waals surface area (Å²) in [5.41, 5.74) is 5.89. The molecule has 18 heavy (non-hydrogen) atoms. The highest BCUT2D eigenvalue weighted by Gasteiger charge is 2.08. The van der Waals surface area contributed by atoms with Gasteiger partial charge in [-0.3, -0.25) is 0 Å². The van der Waals surface area contributed by atoms with Gasteiger partial charge >= 0.3 is 0 Å². The number of methoxy groups -OCH3 is 1. The van der Waals surface area contributed by atoms with Crippen LogP contribution in [0.1, 0.15) is 29.2 Å². The Bertz CT molecular complexity index is 482. The molecule has 0 bridgehead atoms. The summed E-state index contributed by atoms with van der Waals surface area (Å²) in [6.07, 6.45) is 5.91. The molecule has 1 aromatic carbocycles. The van der Waals surface area contributed by atoms with E-state index in [2.05, 4.69) is 32.9 Å². The minimum Gasteiger partial charge on any atom is -0.496 e. The van der Waals surface area contributed by atoms with Crippen LogP contribution in [-0.2, 0) is 0 Å². The molecule has 0 aliphatic carbocycles. The molecule has 0 aliphatic heterocycles. The van der Waals surface area contributed by atoms with Crippen LogP contribution >= 0.6 is 0 Å². The second-order valence-corrected chi connectivity index (χ2v) is 4.52. The number of benzene rings is 1. The number of aliphatic hydroxyl groups is 1. The van der Waals surface area contributed by atoms with Crippen molar-refractivity contribution >= 4 is 6.08 Å². The predicted molar refractivity (Wildman–Crippen MR) is 77.1 cm³/mol. The number of hydrogen-bond acceptors (Lipinski definition) is 2. The summed E-state index contributed by atoms with van der Waals surface area (Å²) in [5, 5.41) is 8.83. The smallest absolute Gasteiger partial charge is 0.122 e. The molecule has 1 N–H and O–H groups in total. The monoisotopic (exact) mass is 246 g/mol. The Labute approximate surface area is 110 Å². The first-order valence-corrected chi connectivity index (χ1v) is 6.11. The van der Waals surface area contributed by atoms with E-state index in [1.54, 1.807) is 13.2 Å². The van der Waals surface area contributed by atoms with Crippen LogP contribution in [0.2, 0.25) is 0 Å². The number of aliphatic hydroxyl groups excluding tert-OH is 1. The van der Waals surface area contributed by atoms with Crippen molar-refractivity contribution in [1.29, 1.82) is 0 Å². The Morgan fingerprint density at radius 3 is 2.50 bits per heavy atom. The van der Waals surface area contributed by atoms with Crippen molar-refractivity contribution in [3.8, 4) is 5.75 Å². The molecule has 98 valence electrons. The van der Waals surface area contributed by atoms with E-state index in [-0.39, 0.29) is 6.61 Å². The lowest BCUT2D eigenvalue weighted by Gasteiger charge is -2.13. The molecule has 0 radical (unpaired) electrons. The molecule has 0 aromatic heterocycles. The van der Waals surface area contributed by atoms with Crippen LogP contribution in [0.5, 0.6) is 5.75 Å². The number of allylic oxidation sites excluding steroid dienone is 2. The lowest BCUT2D eigenvalue weighted by atomic mass is 9.96. The SMILES string of the molecule is COc1cc(C)c(/C=C/C(C)=C/CO)c(C)c1C. The van der Waals surface area contributed by atoms with Gasteiger partial charge in [0.2, 0.25) is 0 Å². The summed E-state index contributed by atoms with van der Waals surface area (Å²) in [4.78, 5) is 0. The fraction of sp³-hybridized carbons (Fsp3) is 0.375. The van der Waals surface area contributed by atoms with Crippen LogP contribution < -0.4 is 4.74 Å². The highest BCUT2D eigenvalue weighted by Crippen LogP contribution is 2.28. The van der Waals surface area contributed by atoms with Gasteiger partial charge in [0.15, 0.2) is 0 Å². The highest BCUT2D eigenvalue weighted by molar-refractivity contribution is 5.64. The summed E-state index contributed by atoms with van der Waals surface area (Å²) in [6, 6.07) is 2.06. The molecule has 1 aromatic rings. The van der Waals surface area contributed by atoms with Gasteiger partial charge in [0.25, 0.3) is 0 Å². The van der Waals surface area contributed by atoms with E-state index >= 15 is 0 Å². The van der Waals surface area contributed by atoms with Gasteiger partial charge in [-0.1, -0.05) is 23.8 Å². The van der Waals surface area contributed by atoms with E-state index < -0.39 is 0 Å². The number of rotatable bonds is 4. The van der Waals surface area contributed by atoms with Gasteiger partial charge < -0.3 is 9.84 Å². The largest absolute Gasteiger partial charge is 0.496 e. The van der Waals surface area contributed by atoms with Crippen LogP contribution in [-0.4, -0.2) is 18.8 Å². The Kier molecular flexibility index (Phi) is 5.17. The minimum atomic E-state index is 0.0791. The number of hydrogen-bond donors (Lipinski definition) is 1. The maximum Gasteiger partial charge on any atom is 0.122 e. The third-order valence-electron chi connectivity index (χ3n) is 3.25. The molecule has 0 aliphatic rings. The van der Waals surface area contributed by atoms with Gasteiger partial charge in [-0.15, -0.1) is 0 Å². The van der Waals surface area contributed by atoms with Gasteiger partial charge in [0.1, 0.15) is 5.75 Å². The quantitative estimate of drug-likeness (QED) is 0.823. The molecule has 2 heteroatoms. The van der Waals surface area contributed by atoms with Gasteiger partial charge in [0.05, 0.1) is 13.7 Å². The normalized spacial score (nSPS) is 12.2. The maximum absolute atomic E-state index is 8.83. The maximum atomic E-state index is 8.83. The molecule has 2 nitrogen and oxygen atoms in total. The predicted octanol–water partition coefficient (Wildman–Crippen LogP) is 3.57. The van der Waals surface area contributed by atoms with E-state index in [0.717, 1.165) is 11.3 Å². The van der Waals surface area contributed by atoms with Crippen molar-refractivity contribution in [3.05, 3.63) is 46.0 Å². The highest BCUT2D eigenvalue weighted by atomic mass is 16.5. The van der Waals surface area contributed by atoms with Gasteiger partial charge in [0, 0.05) is 0 Å². The summed E-state index contributed by atoms with van der Waals surface area (Å²) in [7, 11) is 1.70. The molecular weight excluding hydrogens is 224 g/mol. The van der Waals surface area contributed by atoms with Crippen molar-refractivity contribution in [3.63, 3.8) is 0 Å². The van der Waals surface area contributed by atoms with Crippen molar-refractivity contribution in [2.45, 2.75) is 27.7 Å². The van der Waals surface area contributed by atoms with Crippen molar-refractivity contribution in [2.24, 2.45) is 0 Å². The van der Waals surface area contributed by atoms with E-state index in [4.69, 9.17) is 9.84 Å². The fourth-order valence-electron chi connectivity index (χ4n) is 1.96. The summed E-state index contributed by atoms with van der Waals surface area (Å²) in [5.74, 6) is 0.935. The Morgan fingerprint density at radius 1 is 1.28 bits per heavy atom. The van der Waals surface area contributed by atoms with E-state index in [1.807, 2.05) is 13.0 Å². The Hall–Kier alpha value is -1.54. The third kappa shape index (κ3) is 3.23. The second kappa shape index (κ2) is 6.41. The first kappa shape index (κ1) is 14.5. The molecule has 0 saturated carbocycles. The van der Waals surface area contributed by atoms with Gasteiger partial charge in [-0.25, -0.2) is 0 Å². The second-order valence-electron chi connectivity index (χ2n) is 4.52. The lowest BCUT2D eigenvalue weighted by Crippen LogP contribution is -1.95. The average Bonchev–Trinajstić information content (AvgIpc) is 2.34. The van der Waals surface area contributed by atoms with Gasteiger partial charge in [-0.2, -0.15) is 0 Å². The molecule has 0 unspecified atom stereocenters. The first-order chi connectivity index (χ1) is 8.51. The molecule has 0 spiro atoms. The molecule has 1 rings (SSSR count). The van der Waals surface area contributed by atoms with Crippen molar-refractivity contribution < 1.29 is 9.84 Å². The lowest BCUT2D eigenvalue weighted by molar-refractivity contribution is 0.342. The topological polar surface area (TPSA) is 29.5 Å². The number of aryl methyl sites for hydroxylation is 1. The Balaban J connectivity index is 3.18. The van der Waals surface area contributed by atoms with Crippen molar-refractivity contribution in [1.82, 2.24) is 0 Å². The zero-order valence-electron chi connectivity index (χ0n) is 11.9. The summed E-state index contributed by atoms with van der Waals surface area (Å²) >= 11 is 0. The van der Waals surface area contributed by atoms with E-state index in [1.165, 1.54) is 22.3 Å². The van der Waals surface area contributed by atoms with Crippen LogP contribution in [0, 0.1) is 20.8 Å². The zero-order valence-corrected chi connectivity index (χ0v) is 11.9. The summed E-state index contributed by atoms with van der Waals surface area (Å²) in [6.45, 7) is 8.32. The average molecular weight is 246 g/mol. The standard InChI is InChI=1S/C16H22O2/c1-11(8-9-17)6-7-15-12(2)10-16(18-5)14(4)13(15)3/h6-8,10,17H,9H2,1-5H3/b7-6+,11-8+. The third-order valence-corrected chi connectivity index (χ3v) is 3.25. The van der Waals surface area contributed by atoms with Crippen LogP contribution in [0.3, 0.4) is 0 Å². The van der Waals surface area contributed by atoms with Crippen LogP contribution in [0.4, 0.5) is 0 Å². The van der Waals surface area contributed by atoms with Crippen molar-refractivity contribution in [2.75, 3.05) is 13.7 Å². The van der Waals surface area contributed by atoms with E-state index in [0.29, 0.717) is 0 Å². The molecule has 0 fully saturated rings. The minimum absolute atomic E-state index is 0.0791. The fourth-order valence-corrected chi connectivity index (χ4v) is 1.96. The molecular formula is C16H22O2. The first-order valence-electron chi connectivity index (χ1n) is 6.11. The number of ether oxygens (including phenoxy) is 1. The van der Waals surface area contributed by atoms with Crippen LogP contribution in [0.25, 0.3) is 6.08 Å². The molecule has 0 saturated heterocycles. The van der Waals surface area contributed by atoms with E-state index in [9.17, 15) is 0 Å².